The lowest BCUT2D eigenvalue weighted by Crippen LogP contribution is -2.44. The third-order valence-electron chi connectivity index (χ3n) is 9.16. The number of hydrogen-bond donors (Lipinski definition) is 4. The SMILES string of the molecule is Cn1c(=O)n(C2CCC(=O)NC2=O)c2cccc(N3CCCC(OCC(=O)Nc4ccc5c(F)c(N6CC(=O)NS6(=O)=O)c(O)cc5c4)C3)c21. The summed E-state index contributed by atoms with van der Waals surface area (Å²) in [6, 6.07) is 9.95. The van der Waals surface area contributed by atoms with Gasteiger partial charge in [0.1, 0.15) is 30.6 Å². The Morgan fingerprint density at radius 1 is 1.10 bits per heavy atom. The predicted molar refractivity (Wildman–Crippen MR) is 178 cm³/mol. The fraction of sp³-hybridized carbons (Fsp3) is 0.344. The first-order valence-electron chi connectivity index (χ1n) is 15.8. The Balaban J connectivity index is 1.03. The normalized spacial score (nSPS) is 20.7. The Labute approximate surface area is 283 Å². The number of imide groups is 1. The molecule has 7 rings (SSSR count). The summed E-state index contributed by atoms with van der Waals surface area (Å²) in [4.78, 5) is 64.3. The molecule has 4 heterocycles. The number of piperidine rings is 2. The molecule has 4 N–H and O–H groups in total. The van der Waals surface area contributed by atoms with Gasteiger partial charge in [-0.1, -0.05) is 6.07 Å². The van der Waals surface area contributed by atoms with Gasteiger partial charge in [-0.2, -0.15) is 8.42 Å². The first-order valence-corrected chi connectivity index (χ1v) is 17.2. The van der Waals surface area contributed by atoms with Gasteiger partial charge in [0.2, 0.25) is 17.7 Å². The number of nitrogens with zero attached hydrogens (tertiary/aromatic N) is 4. The van der Waals surface area contributed by atoms with E-state index in [1.807, 2.05) is 6.07 Å². The highest BCUT2D eigenvalue weighted by Crippen LogP contribution is 2.39. The van der Waals surface area contributed by atoms with Crippen molar-refractivity contribution in [2.75, 3.05) is 40.8 Å². The number of aromatic nitrogens is 2. The second-order valence-corrected chi connectivity index (χ2v) is 14.0. The summed E-state index contributed by atoms with van der Waals surface area (Å²) in [6.07, 6.45) is 1.46. The van der Waals surface area contributed by atoms with Gasteiger partial charge in [-0.3, -0.25) is 33.6 Å². The van der Waals surface area contributed by atoms with Crippen LogP contribution in [0.15, 0.2) is 47.3 Å². The van der Waals surface area contributed by atoms with Crippen molar-refractivity contribution in [3.05, 3.63) is 58.8 Å². The average molecular weight is 710 g/mol. The number of rotatable bonds is 7. The minimum Gasteiger partial charge on any atom is -0.506 e. The van der Waals surface area contributed by atoms with E-state index in [2.05, 4.69) is 15.5 Å². The molecule has 4 amide bonds. The van der Waals surface area contributed by atoms with E-state index in [0.717, 1.165) is 18.2 Å². The lowest BCUT2D eigenvalue weighted by Gasteiger charge is -2.34. The number of para-hydroxylation sites is 1. The topological polar surface area (TPSA) is 201 Å². The predicted octanol–water partition coefficient (Wildman–Crippen LogP) is 1.12. The molecule has 3 aliphatic heterocycles. The van der Waals surface area contributed by atoms with E-state index in [-0.39, 0.29) is 53.6 Å². The van der Waals surface area contributed by atoms with E-state index < -0.39 is 57.8 Å². The smallest absolute Gasteiger partial charge is 0.329 e. The van der Waals surface area contributed by atoms with Gasteiger partial charge in [-0.25, -0.2) is 18.2 Å². The molecule has 1 aromatic heterocycles. The monoisotopic (exact) mass is 709 g/mol. The van der Waals surface area contributed by atoms with Crippen molar-refractivity contribution in [3.63, 3.8) is 0 Å². The maximum atomic E-state index is 15.4. The van der Waals surface area contributed by atoms with Crippen LogP contribution >= 0.6 is 0 Å². The van der Waals surface area contributed by atoms with E-state index in [9.17, 15) is 37.5 Å². The van der Waals surface area contributed by atoms with Gasteiger partial charge in [0, 0.05) is 37.6 Å². The number of anilines is 3. The van der Waals surface area contributed by atoms with Crippen molar-refractivity contribution in [2.24, 2.45) is 7.05 Å². The van der Waals surface area contributed by atoms with Gasteiger partial charge < -0.3 is 20.1 Å². The summed E-state index contributed by atoms with van der Waals surface area (Å²) >= 11 is 0. The number of halogens is 1. The number of nitrogens with one attached hydrogen (secondary N) is 3. The van der Waals surface area contributed by atoms with E-state index in [1.165, 1.54) is 27.3 Å². The quantitative estimate of drug-likeness (QED) is 0.202. The molecule has 3 aromatic carbocycles. The van der Waals surface area contributed by atoms with E-state index in [4.69, 9.17) is 4.74 Å². The third-order valence-corrected chi connectivity index (χ3v) is 10.5. The van der Waals surface area contributed by atoms with Crippen molar-refractivity contribution >= 4 is 72.7 Å². The molecule has 0 spiro atoms. The van der Waals surface area contributed by atoms with Crippen LogP contribution in [0.2, 0.25) is 0 Å². The molecule has 2 unspecified atom stereocenters. The Kier molecular flexibility index (Phi) is 8.22. The van der Waals surface area contributed by atoms with Gasteiger partial charge in [0.25, 0.3) is 5.91 Å². The van der Waals surface area contributed by atoms with Crippen LogP contribution in [0.5, 0.6) is 5.75 Å². The number of amides is 4. The summed E-state index contributed by atoms with van der Waals surface area (Å²) in [6.45, 7) is 0.118. The highest BCUT2D eigenvalue weighted by Gasteiger charge is 2.38. The number of aromatic hydroxyl groups is 1. The third kappa shape index (κ3) is 5.79. The molecule has 3 aliphatic rings. The molecule has 0 aliphatic carbocycles. The van der Waals surface area contributed by atoms with Crippen molar-refractivity contribution in [1.29, 1.82) is 0 Å². The molecule has 50 heavy (non-hydrogen) atoms. The van der Waals surface area contributed by atoms with E-state index >= 15 is 4.39 Å². The minimum atomic E-state index is -4.36. The van der Waals surface area contributed by atoms with Gasteiger partial charge >= 0.3 is 15.9 Å². The van der Waals surface area contributed by atoms with Crippen LogP contribution in [0.1, 0.15) is 31.7 Å². The molecule has 2 atom stereocenters. The number of ether oxygens (including phenoxy) is 1. The maximum Gasteiger partial charge on any atom is 0.329 e. The lowest BCUT2D eigenvalue weighted by atomic mass is 10.1. The summed E-state index contributed by atoms with van der Waals surface area (Å²) in [5.74, 6) is -3.98. The number of fused-ring (bicyclic) bond motifs is 2. The zero-order valence-electron chi connectivity index (χ0n) is 26.6. The molecule has 0 saturated carbocycles. The largest absolute Gasteiger partial charge is 0.506 e. The van der Waals surface area contributed by atoms with Crippen LogP contribution in [0.3, 0.4) is 0 Å². The number of hydrogen-bond acceptors (Lipinski definition) is 10. The highest BCUT2D eigenvalue weighted by molar-refractivity contribution is 7.92. The fourth-order valence-electron chi connectivity index (χ4n) is 6.88. The fourth-order valence-corrected chi connectivity index (χ4v) is 8.05. The van der Waals surface area contributed by atoms with Gasteiger partial charge in [-0.05, 0) is 61.0 Å². The first-order chi connectivity index (χ1) is 23.8. The summed E-state index contributed by atoms with van der Waals surface area (Å²) in [7, 11) is -2.72. The Bertz CT molecular complexity index is 2290. The maximum absolute atomic E-state index is 15.4. The molecular weight excluding hydrogens is 677 g/mol. The first kappa shape index (κ1) is 33.0. The minimum absolute atomic E-state index is 0.0381. The van der Waals surface area contributed by atoms with E-state index in [1.54, 1.807) is 23.9 Å². The van der Waals surface area contributed by atoms with Crippen LogP contribution in [0, 0.1) is 5.82 Å². The molecule has 18 heteroatoms. The molecule has 4 aromatic rings. The van der Waals surface area contributed by atoms with Crippen LogP contribution < -0.4 is 30.3 Å². The summed E-state index contributed by atoms with van der Waals surface area (Å²) in [5, 5.41) is 15.6. The van der Waals surface area contributed by atoms with Crippen molar-refractivity contribution in [3.8, 4) is 5.75 Å². The standard InChI is InChI=1S/C32H32FN7O9S/c1-37-29-21(5-2-6-22(29)40(32(37)46)23-9-10-25(42)35-31(23)45)38-11-3-4-19(14-38)49-16-27(44)34-18-7-8-20-17(12-18)13-24(41)30(28(20)33)39-15-26(43)36-50(39,47)48/h2,5-8,12-13,19,23,41H,3-4,9-11,14-16H2,1H3,(H,34,44)(H,36,43)(H,35,42,45). The number of carbonyl (C=O) groups excluding carboxylic acids is 4. The van der Waals surface area contributed by atoms with Crippen molar-refractivity contribution < 1.29 is 41.8 Å². The lowest BCUT2D eigenvalue weighted by molar-refractivity contribution is -0.135. The molecule has 16 nitrogen and oxygen atoms in total. The number of benzene rings is 3. The highest BCUT2D eigenvalue weighted by atomic mass is 32.2. The molecule has 0 radical (unpaired) electrons. The Morgan fingerprint density at radius 2 is 1.90 bits per heavy atom. The summed E-state index contributed by atoms with van der Waals surface area (Å²) in [5.41, 5.74) is 1.22. The molecule has 0 bridgehead atoms. The zero-order valence-corrected chi connectivity index (χ0v) is 27.5. The molecular formula is C32H32FN7O9S. The number of phenolic OH excluding ortho intramolecular Hbond substituents is 1. The second-order valence-electron chi connectivity index (χ2n) is 12.4. The number of phenols is 1. The molecule has 3 fully saturated rings. The number of aryl methyl sites for hydroxylation is 1. The number of imidazole rings is 1. The van der Waals surface area contributed by atoms with Crippen molar-refractivity contribution in [1.82, 2.24) is 19.2 Å². The van der Waals surface area contributed by atoms with Crippen LogP contribution in [0.4, 0.5) is 21.5 Å². The van der Waals surface area contributed by atoms with Gasteiger partial charge in [-0.15, -0.1) is 0 Å². The Morgan fingerprint density at radius 3 is 2.64 bits per heavy atom. The van der Waals surface area contributed by atoms with Crippen molar-refractivity contribution in [2.45, 2.75) is 37.8 Å². The number of carbonyl (C=O) groups is 4. The zero-order chi connectivity index (χ0) is 35.5. The van der Waals surface area contributed by atoms with Crippen LogP contribution in [-0.4, -0.2) is 78.6 Å². The molecule has 262 valence electrons. The molecule has 3 saturated heterocycles. The average Bonchev–Trinajstić information content (AvgIpc) is 3.49. The van der Waals surface area contributed by atoms with Crippen LogP contribution in [0.25, 0.3) is 21.8 Å². The van der Waals surface area contributed by atoms with Gasteiger partial charge in [0.15, 0.2) is 5.82 Å². The van der Waals surface area contributed by atoms with E-state index in [0.29, 0.717) is 34.8 Å². The Hall–Kier alpha value is -5.49. The van der Waals surface area contributed by atoms with Gasteiger partial charge in [0.05, 0.1) is 22.8 Å². The second kappa shape index (κ2) is 12.4. The van der Waals surface area contributed by atoms with Crippen LogP contribution in [-0.2, 0) is 41.2 Å². The summed E-state index contributed by atoms with van der Waals surface area (Å²) < 4.78 is 51.0.